The van der Waals surface area contributed by atoms with E-state index in [4.69, 9.17) is 9.08 Å². The van der Waals surface area contributed by atoms with Crippen molar-refractivity contribution in [3.05, 3.63) is 17.5 Å². The highest BCUT2D eigenvalue weighted by molar-refractivity contribution is 7.80. The van der Waals surface area contributed by atoms with Crippen LogP contribution in [0.25, 0.3) is 0 Å². The molecule has 1 aromatic rings. The smallest absolute Gasteiger partial charge is 0.361 e. The van der Waals surface area contributed by atoms with E-state index in [9.17, 15) is 13.2 Å². The third-order valence-electron chi connectivity index (χ3n) is 4.77. The maximum atomic E-state index is 12.4. The molecule has 2 unspecified atom stereocenters. The first kappa shape index (κ1) is 15.8. The van der Waals surface area contributed by atoms with E-state index in [1.807, 2.05) is 6.07 Å². The average Bonchev–Trinajstić information content (AvgIpc) is 3.02. The minimum Gasteiger partial charge on any atom is -0.361 e. The molecular weight excluding hydrogens is 340 g/mol. The summed E-state index contributed by atoms with van der Waals surface area (Å²) in [5.74, 6) is 1.34. The Balaban J connectivity index is 1.48. The van der Waals surface area contributed by atoms with Crippen LogP contribution in [0.4, 0.5) is 4.79 Å². The molecule has 0 radical (unpaired) electrons. The van der Waals surface area contributed by atoms with Gasteiger partial charge < -0.3 is 14.7 Å². The van der Waals surface area contributed by atoms with Gasteiger partial charge in [0.2, 0.25) is 0 Å². The van der Waals surface area contributed by atoms with Gasteiger partial charge in [0.25, 0.3) is 0 Å². The van der Waals surface area contributed by atoms with Crippen LogP contribution in [0.3, 0.4) is 0 Å². The standard InChI is InChI=1S/C13H18N4O6S/c18-13-16-7-9(17(13)23-24(19,20)21)1-2-12(16)11-4-10(22-15-11)3-8-5-14-6-8/h4,8-9,12,14H,1-3,5-7H2,(H,19,20,21). The number of fused-ring (bicyclic) bond motifs is 2. The number of nitrogens with one attached hydrogen (secondary N) is 1. The zero-order chi connectivity index (χ0) is 16.9. The number of hydrogen-bond acceptors (Lipinski definition) is 7. The Morgan fingerprint density at radius 3 is 2.88 bits per heavy atom. The van der Waals surface area contributed by atoms with Gasteiger partial charge in [0.15, 0.2) is 0 Å². The Bertz CT molecular complexity index is 745. The number of aromatic nitrogens is 1. The van der Waals surface area contributed by atoms with Crippen molar-refractivity contribution in [2.45, 2.75) is 31.3 Å². The quantitative estimate of drug-likeness (QED) is 0.711. The summed E-state index contributed by atoms with van der Waals surface area (Å²) in [6.45, 7) is 2.26. The summed E-state index contributed by atoms with van der Waals surface area (Å²) >= 11 is 0. The highest BCUT2D eigenvalue weighted by Crippen LogP contribution is 2.38. The number of hydrogen-bond donors (Lipinski definition) is 2. The molecule has 2 atom stereocenters. The summed E-state index contributed by atoms with van der Waals surface area (Å²) in [5, 5.41) is 8.02. The summed E-state index contributed by atoms with van der Waals surface area (Å²) in [4.78, 5) is 13.9. The second-order valence-corrected chi connectivity index (χ2v) is 7.46. The highest BCUT2D eigenvalue weighted by atomic mass is 32.3. The van der Waals surface area contributed by atoms with E-state index < -0.39 is 22.5 Å². The van der Waals surface area contributed by atoms with Crippen LogP contribution >= 0.6 is 0 Å². The molecule has 3 aliphatic heterocycles. The molecule has 24 heavy (non-hydrogen) atoms. The van der Waals surface area contributed by atoms with Gasteiger partial charge in [0, 0.05) is 19.0 Å². The number of carbonyl (C=O) groups excluding carboxylic acids is 1. The number of piperidine rings is 1. The molecule has 10 nitrogen and oxygen atoms in total. The molecule has 4 rings (SSSR count). The van der Waals surface area contributed by atoms with Gasteiger partial charge in [0.05, 0.1) is 12.1 Å². The minimum atomic E-state index is -4.73. The third kappa shape index (κ3) is 2.88. The Labute approximate surface area is 138 Å². The topological polar surface area (TPSA) is 125 Å². The first-order valence-electron chi connectivity index (χ1n) is 7.84. The number of rotatable bonds is 5. The number of hydroxylamine groups is 2. The summed E-state index contributed by atoms with van der Waals surface area (Å²) in [5.41, 5.74) is 0.665. The molecule has 2 N–H and O–H groups in total. The summed E-state index contributed by atoms with van der Waals surface area (Å²) in [6, 6.07) is 0.597. The Morgan fingerprint density at radius 2 is 2.21 bits per heavy atom. The van der Waals surface area contributed by atoms with Crippen LogP contribution in [0.2, 0.25) is 0 Å². The van der Waals surface area contributed by atoms with Gasteiger partial charge in [-0.3, -0.25) is 4.55 Å². The van der Waals surface area contributed by atoms with Crippen molar-refractivity contribution < 1.29 is 26.6 Å². The van der Waals surface area contributed by atoms with E-state index in [2.05, 4.69) is 14.8 Å². The van der Waals surface area contributed by atoms with Crippen molar-refractivity contribution >= 4 is 16.4 Å². The van der Waals surface area contributed by atoms with E-state index in [0.717, 1.165) is 30.3 Å². The van der Waals surface area contributed by atoms with Gasteiger partial charge in [-0.15, -0.1) is 4.28 Å². The number of amides is 2. The molecule has 3 aliphatic rings. The summed E-state index contributed by atoms with van der Waals surface area (Å²) < 4.78 is 40.4. The van der Waals surface area contributed by atoms with Crippen molar-refractivity contribution in [2.24, 2.45) is 5.92 Å². The lowest BCUT2D eigenvalue weighted by Crippen LogP contribution is -2.42. The zero-order valence-corrected chi connectivity index (χ0v) is 13.6. The van der Waals surface area contributed by atoms with Gasteiger partial charge in [-0.05, 0) is 31.8 Å². The number of carbonyl (C=O) groups is 1. The maximum Gasteiger partial charge on any atom is 0.418 e. The van der Waals surface area contributed by atoms with E-state index in [1.165, 1.54) is 4.90 Å². The maximum absolute atomic E-state index is 12.4. The average molecular weight is 358 g/mol. The molecule has 3 fully saturated rings. The van der Waals surface area contributed by atoms with Gasteiger partial charge in [-0.25, -0.2) is 4.79 Å². The van der Waals surface area contributed by atoms with Gasteiger partial charge in [-0.1, -0.05) is 5.16 Å². The Hall–Kier alpha value is -1.69. The van der Waals surface area contributed by atoms with E-state index >= 15 is 0 Å². The van der Waals surface area contributed by atoms with Gasteiger partial charge >= 0.3 is 16.4 Å². The summed E-state index contributed by atoms with van der Waals surface area (Å²) in [7, 11) is -4.73. The predicted octanol–water partition coefficient (Wildman–Crippen LogP) is 0.112. The van der Waals surface area contributed by atoms with Crippen molar-refractivity contribution in [1.82, 2.24) is 20.4 Å². The fourth-order valence-electron chi connectivity index (χ4n) is 3.50. The second-order valence-electron chi connectivity index (χ2n) is 6.46. The van der Waals surface area contributed by atoms with Crippen LogP contribution in [-0.2, 0) is 21.1 Å². The molecule has 132 valence electrons. The molecule has 2 bridgehead atoms. The van der Waals surface area contributed by atoms with Crippen LogP contribution in [0.1, 0.15) is 30.3 Å². The first-order chi connectivity index (χ1) is 11.4. The zero-order valence-electron chi connectivity index (χ0n) is 12.8. The van der Waals surface area contributed by atoms with Crippen molar-refractivity contribution in [1.29, 1.82) is 0 Å². The molecule has 11 heteroatoms. The monoisotopic (exact) mass is 358 g/mol. The normalized spacial score (nSPS) is 27.6. The van der Waals surface area contributed by atoms with Crippen LogP contribution < -0.4 is 5.32 Å². The molecule has 3 saturated heterocycles. The number of urea groups is 1. The van der Waals surface area contributed by atoms with Crippen LogP contribution in [-0.4, -0.2) is 59.8 Å². The molecule has 1 aromatic heterocycles. The van der Waals surface area contributed by atoms with Gasteiger partial charge in [-0.2, -0.15) is 13.5 Å². The lowest BCUT2D eigenvalue weighted by molar-refractivity contribution is -0.0317. The SMILES string of the molecule is O=C1N2CC(CCC2c2cc(CC3CNC3)on2)N1OS(=O)(=O)O. The largest absolute Gasteiger partial charge is 0.418 e. The second kappa shape index (κ2) is 5.69. The van der Waals surface area contributed by atoms with Gasteiger partial charge in [0.1, 0.15) is 11.5 Å². The minimum absolute atomic E-state index is 0.277. The highest BCUT2D eigenvalue weighted by Gasteiger charge is 2.48. The third-order valence-corrected chi connectivity index (χ3v) is 5.12. The van der Waals surface area contributed by atoms with Crippen molar-refractivity contribution in [3.63, 3.8) is 0 Å². The van der Waals surface area contributed by atoms with Crippen LogP contribution in [0, 0.1) is 5.92 Å². The van der Waals surface area contributed by atoms with E-state index in [1.54, 1.807) is 0 Å². The molecule has 0 aromatic carbocycles. The van der Waals surface area contributed by atoms with E-state index in [-0.39, 0.29) is 6.04 Å². The first-order valence-corrected chi connectivity index (χ1v) is 9.20. The van der Waals surface area contributed by atoms with Crippen molar-refractivity contribution in [2.75, 3.05) is 19.6 Å². The Morgan fingerprint density at radius 1 is 1.42 bits per heavy atom. The van der Waals surface area contributed by atoms with Crippen LogP contribution in [0.5, 0.6) is 0 Å². The Kier molecular flexibility index (Phi) is 3.75. The molecule has 2 amide bonds. The lowest BCUT2D eigenvalue weighted by atomic mass is 9.96. The molecular formula is C13H18N4O6S. The van der Waals surface area contributed by atoms with Crippen LogP contribution in [0.15, 0.2) is 10.6 Å². The fraction of sp³-hybridized carbons (Fsp3) is 0.692. The number of nitrogens with zero attached hydrogens (tertiary/aromatic N) is 3. The predicted molar refractivity (Wildman–Crippen MR) is 78.9 cm³/mol. The van der Waals surface area contributed by atoms with E-state index in [0.29, 0.717) is 31.0 Å². The lowest BCUT2D eigenvalue weighted by Gasteiger charge is -2.28. The van der Waals surface area contributed by atoms with Crippen molar-refractivity contribution in [3.8, 4) is 0 Å². The fourth-order valence-corrected chi connectivity index (χ4v) is 3.89. The molecule has 0 saturated carbocycles. The molecule has 0 aliphatic carbocycles. The molecule has 4 heterocycles. The summed E-state index contributed by atoms with van der Waals surface area (Å²) in [6.07, 6.45) is 1.98. The molecule has 0 spiro atoms.